The summed E-state index contributed by atoms with van der Waals surface area (Å²) in [5, 5.41) is 13.4. The van der Waals surface area contributed by atoms with Crippen molar-refractivity contribution in [3.63, 3.8) is 0 Å². The lowest BCUT2D eigenvalue weighted by Gasteiger charge is -2.07. The van der Waals surface area contributed by atoms with E-state index in [1.807, 2.05) is 0 Å². The molecule has 0 aromatic heterocycles. The summed E-state index contributed by atoms with van der Waals surface area (Å²) < 4.78 is 9.85. The normalized spacial score (nSPS) is 10.1. The van der Waals surface area contributed by atoms with Crippen LogP contribution in [0.15, 0.2) is 42.5 Å². The number of hydrogen-bond donors (Lipinski definition) is 1. The predicted octanol–water partition coefficient (Wildman–Crippen LogP) is 3.40. The van der Waals surface area contributed by atoms with Crippen LogP contribution in [-0.4, -0.2) is 36.3 Å². The van der Waals surface area contributed by atoms with Crippen molar-refractivity contribution in [2.75, 3.05) is 19.0 Å². The molecule has 0 aliphatic rings. The van der Waals surface area contributed by atoms with Gasteiger partial charge in [-0.3, -0.25) is 24.5 Å². The Labute approximate surface area is 170 Å². The summed E-state index contributed by atoms with van der Waals surface area (Å²) in [7, 11) is 1.53. The number of nitrogens with zero attached hydrogens (tertiary/aromatic N) is 1. The highest BCUT2D eigenvalue weighted by Crippen LogP contribution is 2.25. The Morgan fingerprint density at radius 2 is 1.79 bits per heavy atom. The SMILES string of the molecule is COc1ccc(NC(=O)CCC(=O)OCC(=O)c2ccc(Cl)c([N+](=O)[O-])c2)cc1. The summed E-state index contributed by atoms with van der Waals surface area (Å²) in [6, 6.07) is 10.2. The van der Waals surface area contributed by atoms with Gasteiger partial charge in [-0.2, -0.15) is 0 Å². The van der Waals surface area contributed by atoms with Gasteiger partial charge in [0.15, 0.2) is 6.61 Å². The highest BCUT2D eigenvalue weighted by molar-refractivity contribution is 6.32. The van der Waals surface area contributed by atoms with Crippen molar-refractivity contribution >= 4 is 40.6 Å². The highest BCUT2D eigenvalue weighted by atomic mass is 35.5. The van der Waals surface area contributed by atoms with Crippen molar-refractivity contribution in [1.29, 1.82) is 0 Å². The summed E-state index contributed by atoms with van der Waals surface area (Å²) in [6.07, 6.45) is -0.360. The number of nitro benzene ring substituents is 1. The van der Waals surface area contributed by atoms with Crippen molar-refractivity contribution in [3.05, 3.63) is 63.2 Å². The van der Waals surface area contributed by atoms with E-state index < -0.39 is 34.9 Å². The molecule has 2 rings (SSSR count). The zero-order valence-electron chi connectivity index (χ0n) is 15.3. The lowest BCUT2D eigenvalue weighted by Crippen LogP contribution is -2.17. The number of nitrogens with one attached hydrogen (secondary N) is 1. The molecule has 9 nitrogen and oxygen atoms in total. The van der Waals surface area contributed by atoms with Gasteiger partial charge in [-0.25, -0.2) is 0 Å². The maximum atomic E-state index is 12.0. The summed E-state index contributed by atoms with van der Waals surface area (Å²) in [5.41, 5.74) is 0.119. The molecule has 0 unspecified atom stereocenters. The number of benzene rings is 2. The Balaban J connectivity index is 1.79. The smallest absolute Gasteiger partial charge is 0.306 e. The van der Waals surface area contributed by atoms with E-state index in [4.69, 9.17) is 21.1 Å². The molecule has 0 fully saturated rings. The zero-order valence-corrected chi connectivity index (χ0v) is 16.1. The number of esters is 1. The Morgan fingerprint density at radius 1 is 1.10 bits per heavy atom. The van der Waals surface area contributed by atoms with Gasteiger partial charge in [0.25, 0.3) is 5.69 Å². The Kier molecular flexibility index (Phi) is 7.67. The quantitative estimate of drug-likeness (QED) is 0.285. The maximum Gasteiger partial charge on any atom is 0.306 e. The van der Waals surface area contributed by atoms with Gasteiger partial charge in [0.05, 0.1) is 18.5 Å². The molecule has 0 aliphatic carbocycles. The number of halogens is 1. The number of methoxy groups -OCH3 is 1. The second-order valence-electron chi connectivity index (χ2n) is 5.78. The van der Waals surface area contributed by atoms with E-state index in [-0.39, 0.29) is 23.4 Å². The van der Waals surface area contributed by atoms with Crippen LogP contribution >= 0.6 is 11.6 Å². The minimum Gasteiger partial charge on any atom is -0.497 e. The Bertz CT molecular complexity index is 929. The third kappa shape index (κ3) is 6.58. The molecule has 0 spiro atoms. The molecule has 0 atom stereocenters. The molecule has 29 heavy (non-hydrogen) atoms. The fourth-order valence-corrected chi connectivity index (χ4v) is 2.43. The summed E-state index contributed by atoms with van der Waals surface area (Å²) in [4.78, 5) is 45.8. The molecule has 1 amide bonds. The van der Waals surface area contributed by atoms with E-state index in [1.165, 1.54) is 19.2 Å². The first-order valence-electron chi connectivity index (χ1n) is 8.37. The lowest BCUT2D eigenvalue weighted by molar-refractivity contribution is -0.384. The molecule has 0 saturated carbocycles. The minimum atomic E-state index is -0.744. The van der Waals surface area contributed by atoms with Crippen LogP contribution in [0.4, 0.5) is 11.4 Å². The molecule has 0 radical (unpaired) electrons. The van der Waals surface area contributed by atoms with E-state index in [0.717, 1.165) is 6.07 Å². The molecule has 0 bridgehead atoms. The van der Waals surface area contributed by atoms with Crippen molar-refractivity contribution in [2.45, 2.75) is 12.8 Å². The molecule has 2 aromatic carbocycles. The molecule has 2 aromatic rings. The zero-order chi connectivity index (χ0) is 21.4. The number of carbonyl (C=O) groups is 3. The van der Waals surface area contributed by atoms with Crippen LogP contribution in [0, 0.1) is 10.1 Å². The van der Waals surface area contributed by atoms with Crippen LogP contribution in [0.1, 0.15) is 23.2 Å². The molecule has 0 aliphatic heterocycles. The number of anilines is 1. The maximum absolute atomic E-state index is 12.0. The first-order valence-corrected chi connectivity index (χ1v) is 8.74. The van der Waals surface area contributed by atoms with Crippen LogP contribution in [0.2, 0.25) is 5.02 Å². The molecule has 152 valence electrons. The highest BCUT2D eigenvalue weighted by Gasteiger charge is 2.17. The summed E-state index contributed by atoms with van der Waals surface area (Å²) in [6.45, 7) is -0.599. The third-order valence-corrected chi connectivity index (χ3v) is 4.08. The van der Waals surface area contributed by atoms with Crippen LogP contribution in [0.5, 0.6) is 5.75 Å². The number of nitro groups is 1. The second kappa shape index (κ2) is 10.2. The number of ether oxygens (including phenoxy) is 2. The lowest BCUT2D eigenvalue weighted by atomic mass is 10.1. The third-order valence-electron chi connectivity index (χ3n) is 3.76. The van der Waals surface area contributed by atoms with Crippen molar-refractivity contribution < 1.29 is 28.8 Å². The van der Waals surface area contributed by atoms with Crippen molar-refractivity contribution in [3.8, 4) is 5.75 Å². The van der Waals surface area contributed by atoms with Crippen LogP contribution < -0.4 is 10.1 Å². The molecule has 0 saturated heterocycles. The fraction of sp³-hybridized carbons (Fsp3) is 0.211. The van der Waals surface area contributed by atoms with Crippen LogP contribution in [-0.2, 0) is 14.3 Å². The molecule has 10 heteroatoms. The van der Waals surface area contributed by atoms with Crippen molar-refractivity contribution in [1.82, 2.24) is 0 Å². The largest absolute Gasteiger partial charge is 0.497 e. The van der Waals surface area contributed by atoms with Gasteiger partial charge in [-0.15, -0.1) is 0 Å². The number of hydrogen-bond acceptors (Lipinski definition) is 7. The molecule has 1 N–H and O–H groups in total. The summed E-state index contributed by atoms with van der Waals surface area (Å²) >= 11 is 5.68. The van der Waals surface area contributed by atoms with Gasteiger partial charge >= 0.3 is 5.97 Å². The van der Waals surface area contributed by atoms with Crippen LogP contribution in [0.25, 0.3) is 0 Å². The number of Topliss-reactive ketones (excluding diaryl/α,β-unsaturated/α-hetero) is 1. The second-order valence-corrected chi connectivity index (χ2v) is 6.19. The molecular weight excluding hydrogens is 404 g/mol. The van der Waals surface area contributed by atoms with E-state index in [9.17, 15) is 24.5 Å². The Hall–Kier alpha value is -3.46. The van der Waals surface area contributed by atoms with E-state index in [2.05, 4.69) is 5.32 Å². The van der Waals surface area contributed by atoms with Crippen LogP contribution in [0.3, 0.4) is 0 Å². The van der Waals surface area contributed by atoms with Gasteiger partial charge in [-0.05, 0) is 36.4 Å². The van der Waals surface area contributed by atoms with Gasteiger partial charge in [-0.1, -0.05) is 11.6 Å². The van der Waals surface area contributed by atoms with Gasteiger partial charge < -0.3 is 14.8 Å². The first-order chi connectivity index (χ1) is 13.8. The standard InChI is InChI=1S/C19H17ClN2O7/c1-28-14-5-3-13(4-6-14)21-18(24)8-9-19(25)29-11-17(23)12-2-7-15(20)16(10-12)22(26)27/h2-7,10H,8-9,11H2,1H3,(H,21,24). The van der Waals surface area contributed by atoms with E-state index in [0.29, 0.717) is 11.4 Å². The minimum absolute atomic E-state index is 0.00820. The van der Waals surface area contributed by atoms with Gasteiger partial charge in [0.1, 0.15) is 10.8 Å². The number of ketones is 1. The number of amides is 1. The predicted molar refractivity (Wildman–Crippen MR) is 104 cm³/mol. The van der Waals surface area contributed by atoms with Crippen molar-refractivity contribution in [2.24, 2.45) is 0 Å². The topological polar surface area (TPSA) is 125 Å². The average molecular weight is 421 g/mol. The molecular formula is C19H17ClN2O7. The van der Waals surface area contributed by atoms with Gasteiger partial charge in [0.2, 0.25) is 11.7 Å². The number of rotatable bonds is 9. The van der Waals surface area contributed by atoms with E-state index >= 15 is 0 Å². The van der Waals surface area contributed by atoms with E-state index in [1.54, 1.807) is 24.3 Å². The molecule has 0 heterocycles. The monoisotopic (exact) mass is 420 g/mol. The number of carbonyl (C=O) groups excluding carboxylic acids is 3. The van der Waals surface area contributed by atoms with Gasteiger partial charge in [0, 0.05) is 23.7 Å². The first kappa shape index (κ1) is 21.8. The summed E-state index contributed by atoms with van der Waals surface area (Å²) in [5.74, 6) is -1.12. The fourth-order valence-electron chi connectivity index (χ4n) is 2.24. The average Bonchev–Trinajstić information content (AvgIpc) is 2.71. The Morgan fingerprint density at radius 3 is 2.41 bits per heavy atom.